The van der Waals surface area contributed by atoms with Crippen LogP contribution >= 0.6 is 38.1 Å². The maximum atomic E-state index is 13.6. The number of aromatic amines is 1. The SMILES string of the molecule is Nc1ncnc2c1ncn2[C@@H]1C[C@@H]2CO[P@@](=O)(S)O[C@@H]3C[C@@H](CO[P@@](=O)(S)OC[C@H]21)O[C@H]3n1cnc2c(=O)n3ccnc3[nH]c21. The van der Waals surface area contributed by atoms with Gasteiger partial charge in [-0.15, -0.1) is 0 Å². The first kappa shape index (κ1) is 29.6. The lowest BCUT2D eigenvalue weighted by atomic mass is 9.70. The van der Waals surface area contributed by atoms with Crippen molar-refractivity contribution in [1.29, 1.82) is 0 Å². The average Bonchev–Trinajstić information content (AvgIpc) is 3.77. The Morgan fingerprint density at radius 1 is 0.933 bits per heavy atom. The zero-order valence-corrected chi connectivity index (χ0v) is 26.7. The Bertz CT molecular complexity index is 2100. The van der Waals surface area contributed by atoms with Crippen LogP contribution in [0.25, 0.3) is 28.1 Å². The molecule has 22 heteroatoms. The van der Waals surface area contributed by atoms with Crippen molar-refractivity contribution in [2.45, 2.75) is 37.3 Å². The van der Waals surface area contributed by atoms with Gasteiger partial charge in [0.25, 0.3) is 5.56 Å². The Balaban J connectivity index is 1.08. The molecule has 3 N–H and O–H groups in total. The first-order valence-electron chi connectivity index (χ1n) is 13.8. The van der Waals surface area contributed by atoms with Gasteiger partial charge in [0.1, 0.15) is 23.6 Å². The lowest BCUT2D eigenvalue weighted by molar-refractivity contribution is -0.0426. The minimum Gasteiger partial charge on any atom is -0.382 e. The molecule has 0 amide bonds. The molecule has 2 bridgehead atoms. The fourth-order valence-electron chi connectivity index (χ4n) is 6.21. The molecule has 0 spiro atoms. The van der Waals surface area contributed by atoms with Crippen molar-refractivity contribution in [2.24, 2.45) is 11.8 Å². The van der Waals surface area contributed by atoms with Crippen LogP contribution in [0.4, 0.5) is 5.82 Å². The molecule has 5 aromatic heterocycles. The Kier molecular flexibility index (Phi) is 7.16. The van der Waals surface area contributed by atoms with Crippen LogP contribution in [0.5, 0.6) is 0 Å². The molecule has 1 saturated carbocycles. The van der Waals surface area contributed by atoms with Gasteiger partial charge in [0.15, 0.2) is 23.2 Å². The molecule has 8 atom stereocenters. The molecular weight excluding hydrogens is 670 g/mol. The molecule has 0 unspecified atom stereocenters. The van der Waals surface area contributed by atoms with Crippen molar-refractivity contribution in [3.05, 3.63) is 41.7 Å². The predicted molar refractivity (Wildman–Crippen MR) is 164 cm³/mol. The second kappa shape index (κ2) is 10.9. The summed E-state index contributed by atoms with van der Waals surface area (Å²) in [6, 6.07) is -0.179. The molecule has 5 aromatic rings. The first-order valence-corrected chi connectivity index (χ1v) is 19.2. The van der Waals surface area contributed by atoms with E-state index in [1.807, 2.05) is 4.57 Å². The summed E-state index contributed by atoms with van der Waals surface area (Å²) < 4.78 is 61.0. The third-order valence-electron chi connectivity index (χ3n) is 8.47. The number of rotatable bonds is 2. The van der Waals surface area contributed by atoms with E-state index >= 15 is 0 Å². The summed E-state index contributed by atoms with van der Waals surface area (Å²) in [5.74, 6) is 0.0947. The number of aromatic nitrogens is 9. The predicted octanol–water partition coefficient (Wildman–Crippen LogP) is 2.78. The summed E-state index contributed by atoms with van der Waals surface area (Å²) >= 11 is 8.49. The van der Waals surface area contributed by atoms with E-state index in [1.54, 1.807) is 10.9 Å². The second-order valence-electron chi connectivity index (χ2n) is 11.1. The van der Waals surface area contributed by atoms with Crippen LogP contribution in [-0.2, 0) is 32.0 Å². The summed E-state index contributed by atoms with van der Waals surface area (Å²) in [6.45, 7) is -7.97. The van der Waals surface area contributed by atoms with Crippen LogP contribution in [0.1, 0.15) is 25.1 Å². The van der Waals surface area contributed by atoms with Crippen molar-refractivity contribution in [3.8, 4) is 0 Å². The zero-order chi connectivity index (χ0) is 31.1. The highest BCUT2D eigenvalue weighted by atomic mass is 32.7. The summed E-state index contributed by atoms with van der Waals surface area (Å²) in [5.41, 5.74) is 7.04. The number of nitrogens with zero attached hydrogens (tertiary/aromatic N) is 8. The van der Waals surface area contributed by atoms with E-state index in [1.165, 1.54) is 29.4 Å². The summed E-state index contributed by atoms with van der Waals surface area (Å²) in [6.07, 6.45) is 5.62. The summed E-state index contributed by atoms with van der Waals surface area (Å²) in [4.78, 5) is 37.1. The first-order chi connectivity index (χ1) is 21.6. The van der Waals surface area contributed by atoms with Crippen molar-refractivity contribution >= 4 is 72.0 Å². The van der Waals surface area contributed by atoms with Gasteiger partial charge in [0.05, 0.1) is 38.6 Å². The van der Waals surface area contributed by atoms with E-state index in [-0.39, 0.29) is 61.0 Å². The number of nitrogens with two attached hydrogens (primary N) is 1. The van der Waals surface area contributed by atoms with E-state index in [0.29, 0.717) is 29.0 Å². The molecule has 3 fully saturated rings. The fourth-order valence-corrected chi connectivity index (χ4v) is 8.94. The van der Waals surface area contributed by atoms with Gasteiger partial charge in [-0.3, -0.25) is 18.4 Å². The van der Waals surface area contributed by atoms with Crippen molar-refractivity contribution < 1.29 is 32.0 Å². The molecule has 2 saturated heterocycles. The molecule has 3 aliphatic rings. The van der Waals surface area contributed by atoms with Crippen LogP contribution < -0.4 is 11.3 Å². The number of nitrogens with one attached hydrogen (secondary N) is 1. The number of hydrogen-bond acceptors (Lipinski definition) is 14. The van der Waals surface area contributed by atoms with Crippen LogP contribution in [-0.4, -0.2) is 75.5 Å². The molecule has 0 aromatic carbocycles. The molecule has 238 valence electrons. The van der Waals surface area contributed by atoms with Crippen LogP contribution in [0, 0.1) is 11.8 Å². The van der Waals surface area contributed by atoms with Gasteiger partial charge in [-0.1, -0.05) is 24.5 Å². The Hall–Kier alpha value is -2.80. The van der Waals surface area contributed by atoms with Crippen molar-refractivity contribution in [2.75, 3.05) is 25.6 Å². The number of H-pyrrole nitrogens is 1. The van der Waals surface area contributed by atoms with Crippen LogP contribution in [0.15, 0.2) is 36.2 Å². The molecule has 45 heavy (non-hydrogen) atoms. The van der Waals surface area contributed by atoms with E-state index in [2.05, 4.69) is 54.4 Å². The standard InChI is InChI=1S/C23H26N10O8P2S2/c24-18-16-19(27-8-26-18)32(9-28-16)14-3-11-5-37-43(36,45)41-15-4-12(6-38-42(35,44)39-7-13(11)14)40-22(15)33-10-29-17-20(33)30-23-25-1-2-31(23)21(17)34/h1-2,8-15,22H,3-7H2,(H,25,30)(H,35,44)(H,36,45)(H2,24,26,27)/t11-,12+,13-,14-,15-,22-,42-,43-/m1/s1. The lowest BCUT2D eigenvalue weighted by Gasteiger charge is -2.45. The van der Waals surface area contributed by atoms with E-state index in [0.717, 1.165) is 0 Å². The molecule has 8 rings (SSSR count). The normalized spacial score (nSPS) is 34.5. The van der Waals surface area contributed by atoms with E-state index in [4.69, 9.17) is 28.6 Å². The van der Waals surface area contributed by atoms with Crippen LogP contribution in [0.3, 0.4) is 0 Å². The lowest BCUT2D eigenvalue weighted by Crippen LogP contribution is -2.43. The smallest absolute Gasteiger partial charge is 0.382 e. The molecule has 18 nitrogen and oxygen atoms in total. The number of thiol groups is 2. The maximum absolute atomic E-state index is 13.6. The Morgan fingerprint density at radius 3 is 2.58 bits per heavy atom. The number of anilines is 1. The molecule has 1 aliphatic carbocycles. The topological polar surface area (TPSA) is 218 Å². The molecule has 0 radical (unpaired) electrons. The van der Waals surface area contributed by atoms with Gasteiger partial charge in [-0.25, -0.2) is 38.5 Å². The largest absolute Gasteiger partial charge is 0.386 e. The fraction of sp³-hybridized carbons (Fsp3) is 0.478. The van der Waals surface area contributed by atoms with Gasteiger partial charge < -0.3 is 29.1 Å². The highest BCUT2D eigenvalue weighted by Gasteiger charge is 2.47. The van der Waals surface area contributed by atoms with Crippen molar-refractivity contribution in [1.82, 2.24) is 43.4 Å². The second-order valence-corrected chi connectivity index (χ2v) is 16.9. The van der Waals surface area contributed by atoms with Gasteiger partial charge >= 0.3 is 13.6 Å². The maximum Gasteiger partial charge on any atom is 0.386 e. The van der Waals surface area contributed by atoms with Gasteiger partial charge in [0, 0.05) is 30.8 Å². The average molecular weight is 697 g/mol. The van der Waals surface area contributed by atoms with Crippen LogP contribution in [0.2, 0.25) is 0 Å². The highest BCUT2D eigenvalue weighted by Crippen LogP contribution is 2.60. The van der Waals surface area contributed by atoms with Crippen molar-refractivity contribution in [3.63, 3.8) is 0 Å². The number of hydrogen-bond donors (Lipinski definition) is 4. The number of imidazole rings is 3. The Labute approximate surface area is 263 Å². The van der Waals surface area contributed by atoms with E-state index < -0.39 is 32.0 Å². The van der Waals surface area contributed by atoms with Gasteiger partial charge in [-0.05, 0) is 12.3 Å². The number of fused-ring (bicyclic) bond motifs is 6. The highest BCUT2D eigenvalue weighted by molar-refractivity contribution is 8.44. The molecule has 2 aliphatic heterocycles. The quantitative estimate of drug-likeness (QED) is 0.154. The zero-order valence-electron chi connectivity index (χ0n) is 23.1. The minimum atomic E-state index is -3.94. The summed E-state index contributed by atoms with van der Waals surface area (Å²) in [7, 11) is 0. The third-order valence-corrected chi connectivity index (χ3v) is 11.8. The van der Waals surface area contributed by atoms with Gasteiger partial charge in [-0.2, -0.15) is 0 Å². The molecular formula is C23H26N10O8P2S2. The van der Waals surface area contributed by atoms with Gasteiger partial charge in [0.2, 0.25) is 5.78 Å². The minimum absolute atomic E-state index is 0.00759. The summed E-state index contributed by atoms with van der Waals surface area (Å²) in [5, 5.41) is 0. The molecule has 7 heterocycles. The third kappa shape index (κ3) is 5.21. The Morgan fingerprint density at radius 2 is 1.71 bits per heavy atom. The monoisotopic (exact) mass is 696 g/mol. The number of nitrogen functional groups attached to an aromatic ring is 1. The van der Waals surface area contributed by atoms with E-state index in [9.17, 15) is 13.9 Å². The number of ether oxygens (including phenoxy) is 1.